The van der Waals surface area contributed by atoms with E-state index in [1.54, 1.807) is 0 Å². The highest BCUT2D eigenvalue weighted by atomic mass is 19.1. The lowest BCUT2D eigenvalue weighted by atomic mass is 10.1. The van der Waals surface area contributed by atoms with E-state index in [0.29, 0.717) is 23.6 Å². The van der Waals surface area contributed by atoms with Gasteiger partial charge in [-0.3, -0.25) is 10.1 Å². The first kappa shape index (κ1) is 14.1. The summed E-state index contributed by atoms with van der Waals surface area (Å²) >= 11 is 0. The van der Waals surface area contributed by atoms with E-state index in [9.17, 15) is 14.5 Å². The van der Waals surface area contributed by atoms with Gasteiger partial charge < -0.3 is 9.73 Å². The van der Waals surface area contributed by atoms with E-state index in [1.807, 2.05) is 7.05 Å². The zero-order valence-corrected chi connectivity index (χ0v) is 10.9. The van der Waals surface area contributed by atoms with Crippen molar-refractivity contribution in [3.05, 3.63) is 46.2 Å². The average Bonchev–Trinajstić information content (AvgIpc) is 2.87. The van der Waals surface area contributed by atoms with Gasteiger partial charge in [0, 0.05) is 18.1 Å². The molecule has 20 heavy (non-hydrogen) atoms. The van der Waals surface area contributed by atoms with Crippen molar-refractivity contribution in [3.63, 3.8) is 0 Å². The molecule has 1 N–H and O–H groups in total. The van der Waals surface area contributed by atoms with Crippen molar-refractivity contribution in [3.8, 4) is 11.3 Å². The van der Waals surface area contributed by atoms with E-state index >= 15 is 0 Å². The molecule has 2 rings (SSSR count). The zero-order chi connectivity index (χ0) is 14.5. The number of aromatic nitrogens is 1. The first-order chi connectivity index (χ1) is 9.60. The minimum atomic E-state index is -0.678. The summed E-state index contributed by atoms with van der Waals surface area (Å²) in [5.41, 5.74) is -0.00259. The van der Waals surface area contributed by atoms with Crippen molar-refractivity contribution in [1.29, 1.82) is 0 Å². The molecule has 0 unspecified atom stereocenters. The number of nitrogens with one attached hydrogen (secondary N) is 1. The van der Waals surface area contributed by atoms with Crippen LogP contribution in [0.5, 0.6) is 0 Å². The third-order valence-corrected chi connectivity index (χ3v) is 2.75. The van der Waals surface area contributed by atoms with E-state index in [4.69, 9.17) is 4.42 Å². The number of halogens is 1. The van der Waals surface area contributed by atoms with Gasteiger partial charge >= 0.3 is 0 Å². The molecule has 0 aliphatic carbocycles. The minimum Gasteiger partial charge on any atom is -0.441 e. The molecule has 1 heterocycles. The molecule has 0 atom stereocenters. The van der Waals surface area contributed by atoms with E-state index in [1.165, 1.54) is 18.3 Å². The number of nitro groups is 1. The van der Waals surface area contributed by atoms with Gasteiger partial charge in [-0.2, -0.15) is 0 Å². The summed E-state index contributed by atoms with van der Waals surface area (Å²) in [6.07, 6.45) is 2.96. The molecule has 7 heteroatoms. The number of nitrogens with zero attached hydrogens (tertiary/aromatic N) is 2. The normalized spacial score (nSPS) is 10.7. The quantitative estimate of drug-likeness (QED) is 0.499. The fourth-order valence-electron chi connectivity index (χ4n) is 1.80. The third kappa shape index (κ3) is 3.39. The maximum atomic E-state index is 13.4. The fourth-order valence-corrected chi connectivity index (χ4v) is 1.80. The Morgan fingerprint density at radius 3 is 2.95 bits per heavy atom. The van der Waals surface area contributed by atoms with Gasteiger partial charge in [0.15, 0.2) is 11.7 Å². The van der Waals surface area contributed by atoms with Crippen LogP contribution in [0, 0.1) is 15.9 Å². The van der Waals surface area contributed by atoms with E-state index < -0.39 is 10.7 Å². The van der Waals surface area contributed by atoms with Gasteiger partial charge in [0.25, 0.3) is 5.69 Å². The topological polar surface area (TPSA) is 81.2 Å². The fraction of sp³-hybridized carbons (Fsp3) is 0.308. The first-order valence-corrected chi connectivity index (χ1v) is 6.15. The van der Waals surface area contributed by atoms with Crippen LogP contribution in [0.4, 0.5) is 10.1 Å². The van der Waals surface area contributed by atoms with Gasteiger partial charge in [0.1, 0.15) is 5.82 Å². The van der Waals surface area contributed by atoms with Gasteiger partial charge in [0.05, 0.1) is 17.2 Å². The standard InChI is InChI=1S/C13H14FN3O3/c1-15-4-2-3-13-16-8-12(20-13)9-5-10(14)7-11(6-9)17(18)19/h5-8,15H,2-4H2,1H3. The van der Waals surface area contributed by atoms with Crippen LogP contribution in [0.3, 0.4) is 0 Å². The van der Waals surface area contributed by atoms with Crippen LogP contribution >= 0.6 is 0 Å². The Balaban J connectivity index is 2.21. The van der Waals surface area contributed by atoms with E-state index in [0.717, 1.165) is 19.0 Å². The number of non-ortho nitro benzene ring substituents is 1. The smallest absolute Gasteiger partial charge is 0.273 e. The van der Waals surface area contributed by atoms with Crippen LogP contribution in [0.2, 0.25) is 0 Å². The third-order valence-electron chi connectivity index (χ3n) is 2.75. The molecule has 0 aliphatic heterocycles. The number of hydrogen-bond acceptors (Lipinski definition) is 5. The largest absolute Gasteiger partial charge is 0.441 e. The van der Waals surface area contributed by atoms with Crippen LogP contribution in [0.25, 0.3) is 11.3 Å². The Kier molecular flexibility index (Phi) is 4.41. The summed E-state index contributed by atoms with van der Waals surface area (Å²) < 4.78 is 18.8. The SMILES string of the molecule is CNCCCc1ncc(-c2cc(F)cc([N+](=O)[O-])c2)o1. The Hall–Kier alpha value is -2.28. The maximum Gasteiger partial charge on any atom is 0.273 e. The predicted octanol–water partition coefficient (Wildman–Crippen LogP) is 2.54. The summed E-state index contributed by atoms with van der Waals surface area (Å²) in [4.78, 5) is 14.1. The molecule has 1 aromatic carbocycles. The summed E-state index contributed by atoms with van der Waals surface area (Å²) in [6, 6.07) is 3.32. The maximum absolute atomic E-state index is 13.4. The lowest BCUT2D eigenvalue weighted by Crippen LogP contribution is -2.08. The molecule has 0 amide bonds. The monoisotopic (exact) mass is 279 g/mol. The number of hydrogen-bond donors (Lipinski definition) is 1. The summed E-state index contributed by atoms with van der Waals surface area (Å²) in [7, 11) is 1.85. The Morgan fingerprint density at radius 1 is 1.45 bits per heavy atom. The van der Waals surface area contributed by atoms with Crippen LogP contribution < -0.4 is 5.32 Å². The summed E-state index contributed by atoms with van der Waals surface area (Å²) in [5.74, 6) is 0.177. The van der Waals surface area contributed by atoms with Gasteiger partial charge in [-0.1, -0.05) is 0 Å². The second-order valence-electron chi connectivity index (χ2n) is 4.28. The van der Waals surface area contributed by atoms with Crippen LogP contribution in [0.1, 0.15) is 12.3 Å². The Morgan fingerprint density at radius 2 is 2.25 bits per heavy atom. The average molecular weight is 279 g/mol. The number of rotatable bonds is 6. The van der Waals surface area contributed by atoms with Crippen molar-refractivity contribution < 1.29 is 13.7 Å². The van der Waals surface area contributed by atoms with Crippen molar-refractivity contribution in [2.24, 2.45) is 0 Å². The van der Waals surface area contributed by atoms with Crippen molar-refractivity contribution in [2.45, 2.75) is 12.8 Å². The molecule has 0 bridgehead atoms. The Labute approximate surface area is 114 Å². The summed E-state index contributed by atoms with van der Waals surface area (Å²) in [5, 5.41) is 13.7. The first-order valence-electron chi connectivity index (χ1n) is 6.15. The molecule has 0 fully saturated rings. The number of nitro benzene ring substituents is 1. The van der Waals surface area contributed by atoms with E-state index in [-0.39, 0.29) is 5.69 Å². The molecule has 1 aromatic heterocycles. The lowest BCUT2D eigenvalue weighted by Gasteiger charge is -1.98. The Bertz CT molecular complexity index is 613. The number of benzene rings is 1. The zero-order valence-electron chi connectivity index (χ0n) is 10.9. The highest BCUT2D eigenvalue weighted by Gasteiger charge is 2.14. The van der Waals surface area contributed by atoms with Gasteiger partial charge in [-0.15, -0.1) is 0 Å². The molecule has 106 valence electrons. The summed E-state index contributed by atoms with van der Waals surface area (Å²) in [6.45, 7) is 0.836. The van der Waals surface area contributed by atoms with Crippen LogP contribution in [-0.2, 0) is 6.42 Å². The second-order valence-corrected chi connectivity index (χ2v) is 4.28. The van der Waals surface area contributed by atoms with Crippen molar-refractivity contribution in [1.82, 2.24) is 10.3 Å². The number of aryl methyl sites for hydroxylation is 1. The molecule has 0 spiro atoms. The van der Waals surface area contributed by atoms with Crippen LogP contribution in [0.15, 0.2) is 28.8 Å². The molecule has 2 aromatic rings. The van der Waals surface area contributed by atoms with Crippen LogP contribution in [-0.4, -0.2) is 23.5 Å². The van der Waals surface area contributed by atoms with E-state index in [2.05, 4.69) is 10.3 Å². The molecule has 0 aliphatic rings. The highest BCUT2D eigenvalue weighted by Crippen LogP contribution is 2.26. The second kappa shape index (κ2) is 6.25. The van der Waals surface area contributed by atoms with Crippen molar-refractivity contribution in [2.75, 3.05) is 13.6 Å². The molecular weight excluding hydrogens is 265 g/mol. The molecule has 6 nitrogen and oxygen atoms in total. The molecule has 0 saturated heterocycles. The molecular formula is C13H14FN3O3. The lowest BCUT2D eigenvalue weighted by molar-refractivity contribution is -0.385. The predicted molar refractivity (Wildman–Crippen MR) is 70.8 cm³/mol. The van der Waals surface area contributed by atoms with Gasteiger partial charge in [-0.25, -0.2) is 9.37 Å². The van der Waals surface area contributed by atoms with Gasteiger partial charge in [0.2, 0.25) is 0 Å². The number of oxazole rings is 1. The molecule has 0 radical (unpaired) electrons. The van der Waals surface area contributed by atoms with Crippen molar-refractivity contribution >= 4 is 5.69 Å². The highest BCUT2D eigenvalue weighted by molar-refractivity contribution is 5.60. The van der Waals surface area contributed by atoms with Gasteiger partial charge in [-0.05, 0) is 26.1 Å². The minimum absolute atomic E-state index is 0.309. The molecule has 0 saturated carbocycles.